The fourth-order valence-corrected chi connectivity index (χ4v) is 2.66. The third kappa shape index (κ3) is 2.59. The largest absolute Gasteiger partial charge is 0.356 e. The van der Waals surface area contributed by atoms with E-state index in [1.807, 2.05) is 20.0 Å². The molecule has 1 N–H and O–H groups in total. The van der Waals surface area contributed by atoms with Crippen LogP contribution in [0, 0.1) is 13.8 Å². The number of hydrogen-bond donors (Lipinski definition) is 1. The van der Waals surface area contributed by atoms with Gasteiger partial charge in [0.05, 0.1) is 0 Å². The molecule has 0 saturated carbocycles. The summed E-state index contributed by atoms with van der Waals surface area (Å²) < 4.78 is 0. The summed E-state index contributed by atoms with van der Waals surface area (Å²) in [4.78, 5) is 18.7. The van der Waals surface area contributed by atoms with Crippen molar-refractivity contribution in [2.24, 2.45) is 0 Å². The van der Waals surface area contributed by atoms with Crippen LogP contribution >= 0.6 is 0 Å². The van der Waals surface area contributed by atoms with Gasteiger partial charge in [-0.15, -0.1) is 0 Å². The Morgan fingerprint density at radius 3 is 2.89 bits per heavy atom. The van der Waals surface area contributed by atoms with Crippen LogP contribution < -0.4 is 4.90 Å². The summed E-state index contributed by atoms with van der Waals surface area (Å²) in [6, 6.07) is 2.05. The van der Waals surface area contributed by atoms with Gasteiger partial charge in [0.1, 0.15) is 18.0 Å². The Balaban J connectivity index is 1.78. The van der Waals surface area contributed by atoms with Gasteiger partial charge in [-0.3, -0.25) is 0 Å². The number of H-pyrrole nitrogens is 1. The van der Waals surface area contributed by atoms with Gasteiger partial charge in [0, 0.05) is 42.7 Å². The molecule has 0 radical (unpaired) electrons. The van der Waals surface area contributed by atoms with Crippen LogP contribution in [-0.4, -0.2) is 33.0 Å². The number of piperidine rings is 1. The molecule has 3 rings (SSSR count). The SMILES string of the molecule is Cc1cc(N2CCC[C@@H](c3ncc(C)[nH]3)C2)ncn1. The van der Waals surface area contributed by atoms with Crippen molar-refractivity contribution < 1.29 is 0 Å². The summed E-state index contributed by atoms with van der Waals surface area (Å²) in [5.41, 5.74) is 2.14. The van der Waals surface area contributed by atoms with Crippen LogP contribution in [0.25, 0.3) is 0 Å². The Labute approximate surface area is 113 Å². The van der Waals surface area contributed by atoms with E-state index in [0.29, 0.717) is 5.92 Å². The zero-order valence-corrected chi connectivity index (χ0v) is 11.4. The first-order valence-corrected chi connectivity index (χ1v) is 6.77. The van der Waals surface area contributed by atoms with E-state index >= 15 is 0 Å². The van der Waals surface area contributed by atoms with Crippen molar-refractivity contribution in [1.82, 2.24) is 19.9 Å². The lowest BCUT2D eigenvalue weighted by Crippen LogP contribution is -2.35. The van der Waals surface area contributed by atoms with Crippen molar-refractivity contribution in [1.29, 1.82) is 0 Å². The van der Waals surface area contributed by atoms with Crippen LogP contribution in [0.4, 0.5) is 5.82 Å². The molecule has 1 saturated heterocycles. The highest BCUT2D eigenvalue weighted by molar-refractivity contribution is 5.39. The number of nitrogens with one attached hydrogen (secondary N) is 1. The molecule has 2 aromatic heterocycles. The molecule has 1 aliphatic rings. The smallest absolute Gasteiger partial charge is 0.132 e. The van der Waals surface area contributed by atoms with Crippen molar-refractivity contribution >= 4 is 5.82 Å². The Morgan fingerprint density at radius 2 is 2.16 bits per heavy atom. The Hall–Kier alpha value is -1.91. The number of imidazole rings is 1. The van der Waals surface area contributed by atoms with Crippen LogP contribution in [0.1, 0.15) is 36.0 Å². The van der Waals surface area contributed by atoms with Gasteiger partial charge < -0.3 is 9.88 Å². The first-order chi connectivity index (χ1) is 9.22. The molecule has 0 bridgehead atoms. The first kappa shape index (κ1) is 12.1. The average molecular weight is 257 g/mol. The molecule has 0 spiro atoms. The molecule has 1 aliphatic heterocycles. The van der Waals surface area contributed by atoms with E-state index in [9.17, 15) is 0 Å². The molecular formula is C14H19N5. The summed E-state index contributed by atoms with van der Waals surface area (Å²) in [5.74, 6) is 2.60. The summed E-state index contributed by atoms with van der Waals surface area (Å²) in [6.07, 6.45) is 5.91. The topological polar surface area (TPSA) is 57.7 Å². The molecule has 5 heteroatoms. The van der Waals surface area contributed by atoms with Gasteiger partial charge in [-0.2, -0.15) is 0 Å². The van der Waals surface area contributed by atoms with Gasteiger partial charge in [-0.25, -0.2) is 15.0 Å². The lowest BCUT2D eigenvalue weighted by Gasteiger charge is -2.32. The highest BCUT2D eigenvalue weighted by Gasteiger charge is 2.24. The zero-order chi connectivity index (χ0) is 13.2. The fraction of sp³-hybridized carbons (Fsp3) is 0.500. The summed E-state index contributed by atoms with van der Waals surface area (Å²) in [5, 5.41) is 0. The monoisotopic (exact) mass is 257 g/mol. The second-order valence-electron chi connectivity index (χ2n) is 5.25. The van der Waals surface area contributed by atoms with Gasteiger partial charge in [0.25, 0.3) is 0 Å². The van der Waals surface area contributed by atoms with Crippen LogP contribution in [0.2, 0.25) is 0 Å². The third-order valence-electron chi connectivity index (χ3n) is 3.64. The molecule has 1 fully saturated rings. The summed E-state index contributed by atoms with van der Waals surface area (Å²) >= 11 is 0. The standard InChI is InChI=1S/C14H19N5/c1-10-6-13(17-9-16-10)19-5-3-4-12(8-19)14-15-7-11(2)18-14/h6-7,9,12H,3-5,8H2,1-2H3,(H,15,18)/t12-/m1/s1. The maximum Gasteiger partial charge on any atom is 0.132 e. The average Bonchev–Trinajstić information content (AvgIpc) is 2.86. The number of aromatic nitrogens is 4. The van der Waals surface area contributed by atoms with Gasteiger partial charge in [0.15, 0.2) is 0 Å². The number of hydrogen-bond acceptors (Lipinski definition) is 4. The summed E-state index contributed by atoms with van der Waals surface area (Å²) in [7, 11) is 0. The highest BCUT2D eigenvalue weighted by Crippen LogP contribution is 2.27. The number of aryl methyl sites for hydroxylation is 2. The predicted molar refractivity (Wildman–Crippen MR) is 74.3 cm³/mol. The molecule has 0 amide bonds. The van der Waals surface area contributed by atoms with Crippen molar-refractivity contribution in [3.63, 3.8) is 0 Å². The predicted octanol–water partition coefficient (Wildman–Crippen LogP) is 2.20. The van der Waals surface area contributed by atoms with E-state index in [-0.39, 0.29) is 0 Å². The van der Waals surface area contributed by atoms with E-state index < -0.39 is 0 Å². The highest BCUT2D eigenvalue weighted by atomic mass is 15.2. The molecule has 1 atom stereocenters. The van der Waals surface area contributed by atoms with E-state index in [4.69, 9.17) is 0 Å². The Kier molecular flexibility index (Phi) is 3.19. The number of rotatable bonds is 2. The van der Waals surface area contributed by atoms with Gasteiger partial charge in [0.2, 0.25) is 0 Å². The molecule has 100 valence electrons. The minimum atomic E-state index is 0.470. The van der Waals surface area contributed by atoms with E-state index in [1.165, 1.54) is 12.8 Å². The van der Waals surface area contributed by atoms with Crippen molar-refractivity contribution in [3.05, 3.63) is 35.8 Å². The third-order valence-corrected chi connectivity index (χ3v) is 3.64. The first-order valence-electron chi connectivity index (χ1n) is 6.77. The molecule has 19 heavy (non-hydrogen) atoms. The number of nitrogens with zero attached hydrogens (tertiary/aromatic N) is 4. The zero-order valence-electron chi connectivity index (χ0n) is 11.4. The maximum absolute atomic E-state index is 4.47. The second-order valence-corrected chi connectivity index (χ2v) is 5.25. The fourth-order valence-electron chi connectivity index (χ4n) is 2.66. The molecule has 5 nitrogen and oxygen atoms in total. The maximum atomic E-state index is 4.47. The van der Waals surface area contributed by atoms with E-state index in [0.717, 1.165) is 36.1 Å². The molecule has 0 aliphatic carbocycles. The lowest BCUT2D eigenvalue weighted by atomic mass is 9.97. The Bertz CT molecular complexity index is 562. The second kappa shape index (κ2) is 4.99. The minimum Gasteiger partial charge on any atom is -0.356 e. The Morgan fingerprint density at radius 1 is 1.26 bits per heavy atom. The lowest BCUT2D eigenvalue weighted by molar-refractivity contribution is 0.491. The molecule has 0 aromatic carbocycles. The van der Waals surface area contributed by atoms with Gasteiger partial charge in [-0.1, -0.05) is 0 Å². The van der Waals surface area contributed by atoms with Gasteiger partial charge >= 0.3 is 0 Å². The van der Waals surface area contributed by atoms with Crippen molar-refractivity contribution in [2.45, 2.75) is 32.6 Å². The molecular weight excluding hydrogens is 238 g/mol. The van der Waals surface area contributed by atoms with Crippen LogP contribution in [0.5, 0.6) is 0 Å². The molecule has 0 unspecified atom stereocenters. The van der Waals surface area contributed by atoms with E-state index in [1.54, 1.807) is 6.33 Å². The minimum absolute atomic E-state index is 0.470. The van der Waals surface area contributed by atoms with Gasteiger partial charge in [-0.05, 0) is 26.7 Å². The van der Waals surface area contributed by atoms with Crippen molar-refractivity contribution in [2.75, 3.05) is 18.0 Å². The molecule has 3 heterocycles. The summed E-state index contributed by atoms with van der Waals surface area (Å²) in [6.45, 7) is 6.09. The van der Waals surface area contributed by atoms with Crippen LogP contribution in [0.15, 0.2) is 18.6 Å². The van der Waals surface area contributed by atoms with Crippen molar-refractivity contribution in [3.8, 4) is 0 Å². The van der Waals surface area contributed by atoms with Crippen LogP contribution in [0.3, 0.4) is 0 Å². The molecule has 2 aromatic rings. The van der Waals surface area contributed by atoms with Crippen LogP contribution in [-0.2, 0) is 0 Å². The normalized spacial score (nSPS) is 19.7. The quantitative estimate of drug-likeness (QED) is 0.896. The number of anilines is 1. The van der Waals surface area contributed by atoms with E-state index in [2.05, 4.69) is 30.9 Å². The number of aromatic amines is 1.